The third kappa shape index (κ3) is 11.3. The van der Waals surface area contributed by atoms with Gasteiger partial charge in [0.2, 0.25) is 0 Å². The highest BCUT2D eigenvalue weighted by atomic mass is 16.3. The highest BCUT2D eigenvalue weighted by Gasteiger charge is 2.10. The molecule has 0 amide bonds. The standard InChI is InChI=1S/C24H42N4O2/c1-3-5-7-9-11-13-15-21-27(25-29)23-17-19-24(20-18-23)28(26-30)22-16-14-12-10-8-6-4-2/h17-20H,3-16,21-22H2,1-2H3. The lowest BCUT2D eigenvalue weighted by Gasteiger charge is -2.18. The van der Waals surface area contributed by atoms with Gasteiger partial charge in [0.25, 0.3) is 0 Å². The third-order valence-electron chi connectivity index (χ3n) is 5.59. The highest BCUT2D eigenvalue weighted by Crippen LogP contribution is 2.23. The van der Waals surface area contributed by atoms with Crippen molar-refractivity contribution in [2.45, 2.75) is 104 Å². The van der Waals surface area contributed by atoms with Crippen LogP contribution in [0.4, 0.5) is 11.4 Å². The van der Waals surface area contributed by atoms with Gasteiger partial charge < -0.3 is 0 Å². The summed E-state index contributed by atoms with van der Waals surface area (Å²) in [5, 5.41) is 9.36. The lowest BCUT2D eigenvalue weighted by molar-refractivity contribution is 0.584. The smallest absolute Gasteiger partial charge is 0.0627 e. The van der Waals surface area contributed by atoms with Crippen molar-refractivity contribution < 1.29 is 0 Å². The molecule has 1 aromatic rings. The second kappa shape index (κ2) is 17.8. The number of nitroso groups, excluding NO2 is 2. The number of unbranched alkanes of at least 4 members (excludes halogenated alkanes) is 12. The Morgan fingerprint density at radius 2 is 0.833 bits per heavy atom. The van der Waals surface area contributed by atoms with Crippen molar-refractivity contribution in [2.24, 2.45) is 10.6 Å². The topological polar surface area (TPSA) is 65.3 Å². The molecule has 0 fully saturated rings. The van der Waals surface area contributed by atoms with Crippen molar-refractivity contribution in [2.75, 3.05) is 23.1 Å². The first kappa shape index (κ1) is 26.1. The zero-order valence-corrected chi connectivity index (χ0v) is 19.2. The Bertz CT molecular complexity index is 502. The zero-order valence-electron chi connectivity index (χ0n) is 19.2. The third-order valence-corrected chi connectivity index (χ3v) is 5.59. The molecule has 1 aromatic carbocycles. The molecule has 0 aliphatic rings. The molecule has 0 N–H and O–H groups in total. The summed E-state index contributed by atoms with van der Waals surface area (Å²) in [6, 6.07) is 7.39. The fourth-order valence-corrected chi connectivity index (χ4v) is 3.67. The molecule has 0 spiro atoms. The van der Waals surface area contributed by atoms with Gasteiger partial charge in [0.1, 0.15) is 0 Å². The van der Waals surface area contributed by atoms with Crippen LogP contribution in [0, 0.1) is 9.81 Å². The number of anilines is 2. The monoisotopic (exact) mass is 418 g/mol. The Morgan fingerprint density at radius 1 is 0.533 bits per heavy atom. The molecule has 1 rings (SSSR count). The quantitative estimate of drug-likeness (QED) is 0.122. The normalized spacial score (nSPS) is 10.7. The number of rotatable bonds is 20. The Balaban J connectivity index is 2.37. The fraction of sp³-hybridized carbons (Fsp3) is 0.750. The summed E-state index contributed by atoms with van der Waals surface area (Å²) in [6.07, 6.45) is 16.8. The second-order valence-electron chi connectivity index (χ2n) is 8.17. The van der Waals surface area contributed by atoms with Gasteiger partial charge in [0.05, 0.1) is 21.9 Å². The van der Waals surface area contributed by atoms with Crippen LogP contribution in [0.3, 0.4) is 0 Å². The van der Waals surface area contributed by atoms with E-state index in [1.165, 1.54) is 74.2 Å². The maximum absolute atomic E-state index is 11.3. The van der Waals surface area contributed by atoms with Gasteiger partial charge in [0.15, 0.2) is 0 Å². The van der Waals surface area contributed by atoms with Gasteiger partial charge in [-0.1, -0.05) is 90.9 Å². The van der Waals surface area contributed by atoms with E-state index in [9.17, 15) is 9.81 Å². The van der Waals surface area contributed by atoms with Crippen molar-refractivity contribution in [3.05, 3.63) is 34.1 Å². The average molecular weight is 419 g/mol. The molecule has 30 heavy (non-hydrogen) atoms. The molecule has 0 aromatic heterocycles. The van der Waals surface area contributed by atoms with Crippen LogP contribution in [-0.2, 0) is 0 Å². The molecular formula is C24H42N4O2. The minimum absolute atomic E-state index is 0.629. The molecule has 0 atom stereocenters. The number of hydrogen-bond donors (Lipinski definition) is 0. The van der Waals surface area contributed by atoms with Crippen molar-refractivity contribution in [1.29, 1.82) is 0 Å². The predicted octanol–water partition coefficient (Wildman–Crippen LogP) is 8.16. The summed E-state index contributed by atoms with van der Waals surface area (Å²) in [5.74, 6) is 0. The van der Waals surface area contributed by atoms with Gasteiger partial charge in [0, 0.05) is 13.1 Å². The minimum atomic E-state index is 0.629. The van der Waals surface area contributed by atoms with E-state index in [4.69, 9.17) is 0 Å². The maximum Gasteiger partial charge on any atom is 0.0627 e. The van der Waals surface area contributed by atoms with E-state index < -0.39 is 0 Å². The summed E-state index contributed by atoms with van der Waals surface area (Å²) in [5.41, 5.74) is 1.53. The molecular weight excluding hydrogens is 376 g/mol. The molecule has 0 aliphatic heterocycles. The first-order chi connectivity index (χ1) is 14.8. The van der Waals surface area contributed by atoms with Gasteiger partial charge in [-0.05, 0) is 37.1 Å². The summed E-state index contributed by atoms with van der Waals surface area (Å²) in [6.45, 7) is 5.70. The van der Waals surface area contributed by atoms with E-state index in [2.05, 4.69) is 24.4 Å². The molecule has 0 heterocycles. The average Bonchev–Trinajstić information content (AvgIpc) is 2.78. The summed E-state index contributed by atoms with van der Waals surface area (Å²) < 4.78 is 0. The Kier molecular flexibility index (Phi) is 15.5. The van der Waals surface area contributed by atoms with E-state index in [1.54, 1.807) is 0 Å². The Hall–Kier alpha value is -1.98. The summed E-state index contributed by atoms with van der Waals surface area (Å²) >= 11 is 0. The Labute approximate surface area is 183 Å². The minimum Gasteiger partial charge on any atom is -0.229 e. The number of nitrogens with zero attached hydrogens (tertiary/aromatic N) is 4. The lowest BCUT2D eigenvalue weighted by Crippen LogP contribution is -2.18. The van der Waals surface area contributed by atoms with Crippen molar-refractivity contribution in [1.82, 2.24) is 0 Å². The van der Waals surface area contributed by atoms with E-state index in [-0.39, 0.29) is 0 Å². The molecule has 0 saturated carbocycles. The van der Waals surface area contributed by atoms with E-state index >= 15 is 0 Å². The van der Waals surface area contributed by atoms with Gasteiger partial charge in [-0.25, -0.2) is 10.0 Å². The van der Waals surface area contributed by atoms with Gasteiger partial charge in [-0.3, -0.25) is 0 Å². The first-order valence-electron chi connectivity index (χ1n) is 12.1. The molecule has 170 valence electrons. The van der Waals surface area contributed by atoms with Crippen LogP contribution >= 0.6 is 0 Å². The van der Waals surface area contributed by atoms with Crippen LogP contribution in [-0.4, -0.2) is 13.1 Å². The van der Waals surface area contributed by atoms with E-state index in [0.717, 1.165) is 37.1 Å². The SMILES string of the molecule is CCCCCCCCCN(N=O)c1ccc(N(CCCCCCCCC)N=O)cc1. The van der Waals surface area contributed by atoms with Crippen LogP contribution in [0.1, 0.15) is 104 Å². The number of benzene rings is 1. The van der Waals surface area contributed by atoms with Crippen LogP contribution in [0.15, 0.2) is 34.8 Å². The molecule has 0 unspecified atom stereocenters. The van der Waals surface area contributed by atoms with Gasteiger partial charge in [-0.15, -0.1) is 9.81 Å². The largest absolute Gasteiger partial charge is 0.229 e. The van der Waals surface area contributed by atoms with Crippen molar-refractivity contribution >= 4 is 11.4 Å². The van der Waals surface area contributed by atoms with E-state index in [1.807, 2.05) is 24.3 Å². The molecule has 0 saturated heterocycles. The molecule has 0 bridgehead atoms. The summed E-state index contributed by atoms with van der Waals surface area (Å²) in [4.78, 5) is 22.5. The van der Waals surface area contributed by atoms with Crippen LogP contribution in [0.5, 0.6) is 0 Å². The Morgan fingerprint density at radius 3 is 1.13 bits per heavy atom. The molecule has 0 radical (unpaired) electrons. The molecule has 6 nitrogen and oxygen atoms in total. The first-order valence-corrected chi connectivity index (χ1v) is 12.1. The second-order valence-corrected chi connectivity index (χ2v) is 8.17. The zero-order chi connectivity index (χ0) is 21.9. The van der Waals surface area contributed by atoms with E-state index in [0.29, 0.717) is 13.1 Å². The number of hydrogen-bond acceptors (Lipinski definition) is 4. The maximum atomic E-state index is 11.3. The van der Waals surface area contributed by atoms with Crippen LogP contribution < -0.4 is 10.0 Å². The lowest BCUT2D eigenvalue weighted by atomic mass is 10.1. The van der Waals surface area contributed by atoms with Crippen LogP contribution in [0.2, 0.25) is 0 Å². The molecule has 6 heteroatoms. The molecule has 0 aliphatic carbocycles. The van der Waals surface area contributed by atoms with Crippen LogP contribution in [0.25, 0.3) is 0 Å². The highest BCUT2D eigenvalue weighted by molar-refractivity contribution is 5.55. The predicted molar refractivity (Wildman–Crippen MR) is 129 cm³/mol. The van der Waals surface area contributed by atoms with Gasteiger partial charge in [-0.2, -0.15) is 0 Å². The fourth-order valence-electron chi connectivity index (χ4n) is 3.67. The van der Waals surface area contributed by atoms with Crippen molar-refractivity contribution in [3.63, 3.8) is 0 Å². The van der Waals surface area contributed by atoms with Crippen molar-refractivity contribution in [3.8, 4) is 0 Å². The van der Waals surface area contributed by atoms with Gasteiger partial charge >= 0.3 is 0 Å². The summed E-state index contributed by atoms with van der Waals surface area (Å²) in [7, 11) is 0.